The summed E-state index contributed by atoms with van der Waals surface area (Å²) in [5.41, 5.74) is 4.80. The van der Waals surface area contributed by atoms with E-state index in [0.29, 0.717) is 16.3 Å². The maximum absolute atomic E-state index is 12.4. The first-order valence-corrected chi connectivity index (χ1v) is 8.09. The first kappa shape index (κ1) is 16.8. The van der Waals surface area contributed by atoms with E-state index in [1.165, 1.54) is 7.05 Å². The molecule has 2 aromatic carbocycles. The Bertz CT molecular complexity index is 1030. The van der Waals surface area contributed by atoms with Crippen molar-refractivity contribution in [3.63, 3.8) is 0 Å². The van der Waals surface area contributed by atoms with E-state index in [4.69, 9.17) is 0 Å². The zero-order valence-corrected chi connectivity index (χ0v) is 14.7. The van der Waals surface area contributed by atoms with Crippen molar-refractivity contribution in [3.8, 4) is 0 Å². The summed E-state index contributed by atoms with van der Waals surface area (Å²) < 4.78 is 1.93. The van der Waals surface area contributed by atoms with Crippen LogP contribution in [0.1, 0.15) is 20.8 Å². The smallest absolute Gasteiger partial charge is 0.267 e. The number of fused-ring (bicyclic) bond motifs is 1. The van der Waals surface area contributed by atoms with Gasteiger partial charge in [-0.3, -0.25) is 25.2 Å². The molecular weight excluding hydrogens is 388 g/mol. The minimum atomic E-state index is -0.614. The molecule has 0 aliphatic heterocycles. The summed E-state index contributed by atoms with van der Waals surface area (Å²) in [4.78, 5) is 36.5. The highest BCUT2D eigenvalue weighted by Gasteiger charge is 2.16. The Kier molecular flexibility index (Phi) is 4.62. The van der Waals surface area contributed by atoms with Gasteiger partial charge in [0.2, 0.25) is 0 Å². The van der Waals surface area contributed by atoms with Gasteiger partial charge in [-0.2, -0.15) is 5.10 Å². The molecule has 126 valence electrons. The predicted octanol–water partition coefficient (Wildman–Crippen LogP) is 1.77. The van der Waals surface area contributed by atoms with Crippen LogP contribution in [0, 0.1) is 0 Å². The minimum absolute atomic E-state index is 0.0498. The van der Waals surface area contributed by atoms with E-state index in [-0.39, 0.29) is 11.3 Å². The molecule has 0 atom stereocenters. The summed E-state index contributed by atoms with van der Waals surface area (Å²) in [6.45, 7) is 0. The van der Waals surface area contributed by atoms with Gasteiger partial charge in [-0.15, -0.1) is 0 Å². The molecule has 0 saturated carbocycles. The van der Waals surface area contributed by atoms with Gasteiger partial charge < -0.3 is 0 Å². The fourth-order valence-corrected chi connectivity index (χ4v) is 2.58. The Morgan fingerprint density at radius 3 is 2.24 bits per heavy atom. The molecule has 0 radical (unpaired) electrons. The molecule has 0 spiro atoms. The molecule has 0 unspecified atom stereocenters. The van der Waals surface area contributed by atoms with Crippen LogP contribution in [0.25, 0.3) is 10.8 Å². The monoisotopic (exact) mass is 400 g/mol. The number of rotatable bonds is 2. The number of hydrogen-bond donors (Lipinski definition) is 2. The summed E-state index contributed by atoms with van der Waals surface area (Å²) in [5, 5.41) is 4.79. The molecule has 0 saturated heterocycles. The lowest BCUT2D eigenvalue weighted by Gasteiger charge is -2.10. The molecule has 2 amide bonds. The minimum Gasteiger partial charge on any atom is -0.267 e. The highest BCUT2D eigenvalue weighted by molar-refractivity contribution is 9.10. The highest BCUT2D eigenvalue weighted by Crippen LogP contribution is 2.13. The van der Waals surface area contributed by atoms with Crippen LogP contribution in [0.2, 0.25) is 0 Å². The molecule has 0 aliphatic carbocycles. The second-order valence-electron chi connectivity index (χ2n) is 5.24. The normalized spacial score (nSPS) is 10.5. The maximum Gasteiger partial charge on any atom is 0.290 e. The Balaban J connectivity index is 1.83. The Hall–Kier alpha value is -3.00. The number of hydrogen-bond acceptors (Lipinski definition) is 4. The van der Waals surface area contributed by atoms with Crippen molar-refractivity contribution in [1.29, 1.82) is 0 Å². The van der Waals surface area contributed by atoms with E-state index in [1.54, 1.807) is 48.5 Å². The van der Waals surface area contributed by atoms with Crippen LogP contribution in [-0.4, -0.2) is 21.6 Å². The molecule has 0 bridgehead atoms. The zero-order chi connectivity index (χ0) is 18.0. The van der Waals surface area contributed by atoms with Crippen molar-refractivity contribution in [1.82, 2.24) is 20.6 Å². The van der Waals surface area contributed by atoms with E-state index in [0.717, 1.165) is 9.15 Å². The summed E-state index contributed by atoms with van der Waals surface area (Å²) in [5.74, 6) is -1.08. The lowest BCUT2D eigenvalue weighted by molar-refractivity contribution is 0.0844. The van der Waals surface area contributed by atoms with E-state index in [2.05, 4.69) is 31.9 Å². The number of carbonyl (C=O) groups excluding carboxylic acids is 2. The number of nitrogens with one attached hydrogen (secondary N) is 2. The average molecular weight is 401 g/mol. The van der Waals surface area contributed by atoms with E-state index in [9.17, 15) is 14.4 Å². The van der Waals surface area contributed by atoms with Gasteiger partial charge in [0.15, 0.2) is 5.69 Å². The van der Waals surface area contributed by atoms with Crippen molar-refractivity contribution in [2.45, 2.75) is 0 Å². The second kappa shape index (κ2) is 6.86. The number of aryl methyl sites for hydroxylation is 1. The number of benzene rings is 2. The number of halogens is 1. The fourth-order valence-electron chi connectivity index (χ4n) is 2.31. The summed E-state index contributed by atoms with van der Waals surface area (Å²) in [7, 11) is 1.46. The lowest BCUT2D eigenvalue weighted by Crippen LogP contribution is -2.42. The second-order valence-corrected chi connectivity index (χ2v) is 6.15. The van der Waals surface area contributed by atoms with Gasteiger partial charge in [-0.25, -0.2) is 4.68 Å². The lowest BCUT2D eigenvalue weighted by atomic mass is 10.1. The molecule has 3 rings (SSSR count). The molecule has 25 heavy (non-hydrogen) atoms. The highest BCUT2D eigenvalue weighted by atomic mass is 79.9. The largest absolute Gasteiger partial charge is 0.290 e. The van der Waals surface area contributed by atoms with Crippen molar-refractivity contribution in [2.24, 2.45) is 7.05 Å². The van der Waals surface area contributed by atoms with Crippen LogP contribution < -0.4 is 16.4 Å². The third-order valence-electron chi connectivity index (χ3n) is 3.57. The Labute approximate surface area is 150 Å². The molecule has 8 heteroatoms. The molecular formula is C17H13BrN4O3. The van der Waals surface area contributed by atoms with Crippen molar-refractivity contribution >= 4 is 38.5 Å². The van der Waals surface area contributed by atoms with Crippen LogP contribution in [0.5, 0.6) is 0 Å². The molecule has 7 nitrogen and oxygen atoms in total. The standard InChI is InChI=1S/C17H13BrN4O3/c1-22-17(25)13-5-3-2-4-12(13)14(21-22)16(24)20-19-15(23)10-6-8-11(18)9-7-10/h2-9H,1H3,(H,19,23)(H,20,24). The van der Waals surface area contributed by atoms with E-state index in [1.807, 2.05) is 0 Å². The zero-order valence-electron chi connectivity index (χ0n) is 13.1. The summed E-state index contributed by atoms with van der Waals surface area (Å²) in [6.07, 6.45) is 0. The Morgan fingerprint density at radius 2 is 1.56 bits per heavy atom. The molecule has 0 aliphatic rings. The van der Waals surface area contributed by atoms with Crippen LogP contribution >= 0.6 is 15.9 Å². The average Bonchev–Trinajstić information content (AvgIpc) is 2.63. The number of nitrogens with zero attached hydrogens (tertiary/aromatic N) is 2. The Morgan fingerprint density at radius 1 is 0.960 bits per heavy atom. The van der Waals surface area contributed by atoms with Gasteiger partial charge in [-0.05, 0) is 30.3 Å². The van der Waals surface area contributed by atoms with Gasteiger partial charge in [0.1, 0.15) is 0 Å². The maximum atomic E-state index is 12.4. The van der Waals surface area contributed by atoms with Gasteiger partial charge in [0.05, 0.1) is 5.39 Å². The molecule has 3 aromatic rings. The van der Waals surface area contributed by atoms with Crippen molar-refractivity contribution < 1.29 is 9.59 Å². The molecule has 0 fully saturated rings. The van der Waals surface area contributed by atoms with E-state index < -0.39 is 11.8 Å². The third-order valence-corrected chi connectivity index (χ3v) is 4.10. The summed E-state index contributed by atoms with van der Waals surface area (Å²) >= 11 is 3.29. The third kappa shape index (κ3) is 3.43. The first-order valence-electron chi connectivity index (χ1n) is 7.29. The van der Waals surface area contributed by atoms with Gasteiger partial charge in [-0.1, -0.05) is 34.1 Å². The van der Waals surface area contributed by atoms with Crippen LogP contribution in [0.15, 0.2) is 57.8 Å². The van der Waals surface area contributed by atoms with Gasteiger partial charge in [0, 0.05) is 22.5 Å². The number of aromatic nitrogens is 2. The number of amides is 2. The number of carbonyl (C=O) groups is 2. The number of hydrazine groups is 1. The molecule has 2 N–H and O–H groups in total. The predicted molar refractivity (Wildman–Crippen MR) is 96.1 cm³/mol. The van der Waals surface area contributed by atoms with Crippen LogP contribution in [-0.2, 0) is 7.05 Å². The van der Waals surface area contributed by atoms with Crippen LogP contribution in [0.3, 0.4) is 0 Å². The fraction of sp³-hybridized carbons (Fsp3) is 0.0588. The molecule has 1 aromatic heterocycles. The topological polar surface area (TPSA) is 93.1 Å². The SMILES string of the molecule is Cn1nc(C(=O)NNC(=O)c2ccc(Br)cc2)c2ccccc2c1=O. The quantitative estimate of drug-likeness (QED) is 0.641. The van der Waals surface area contributed by atoms with E-state index >= 15 is 0 Å². The first-order chi connectivity index (χ1) is 12.0. The van der Waals surface area contributed by atoms with Gasteiger partial charge in [0.25, 0.3) is 17.4 Å². The molecule has 1 heterocycles. The van der Waals surface area contributed by atoms with Crippen LogP contribution in [0.4, 0.5) is 0 Å². The van der Waals surface area contributed by atoms with Crippen molar-refractivity contribution in [3.05, 3.63) is 74.6 Å². The summed E-state index contributed by atoms with van der Waals surface area (Å²) in [6, 6.07) is 13.3. The van der Waals surface area contributed by atoms with Gasteiger partial charge >= 0.3 is 0 Å². The van der Waals surface area contributed by atoms with Crippen molar-refractivity contribution in [2.75, 3.05) is 0 Å².